The second kappa shape index (κ2) is 10.1. The summed E-state index contributed by atoms with van der Waals surface area (Å²) in [6, 6.07) is 12.9. The Morgan fingerprint density at radius 2 is 1.88 bits per heavy atom. The summed E-state index contributed by atoms with van der Waals surface area (Å²) in [5.41, 5.74) is 6.32. The molecule has 0 saturated carbocycles. The fraction of sp³-hybridized carbons (Fsp3) is 0.519. The van der Waals surface area contributed by atoms with Crippen LogP contribution in [0.15, 0.2) is 36.4 Å². The molecule has 1 spiro atoms. The van der Waals surface area contributed by atoms with Gasteiger partial charge in [-0.15, -0.1) is 0 Å². The number of thioether (sulfide) groups is 1. The molecular weight excluding hydrogens is 432 g/mol. The van der Waals surface area contributed by atoms with Gasteiger partial charge in [-0.05, 0) is 79.9 Å². The molecule has 6 heteroatoms. The third-order valence-corrected chi connectivity index (χ3v) is 8.07. The van der Waals surface area contributed by atoms with E-state index < -0.39 is 0 Å². The highest BCUT2D eigenvalue weighted by molar-refractivity contribution is 7.99. The molecule has 2 atom stereocenters. The molecule has 1 aliphatic heterocycles. The number of benzene rings is 2. The van der Waals surface area contributed by atoms with Gasteiger partial charge in [-0.3, -0.25) is 9.69 Å². The fourth-order valence-electron chi connectivity index (χ4n) is 5.86. The molecule has 1 aliphatic carbocycles. The molecule has 0 aromatic heterocycles. The predicted molar refractivity (Wildman–Crippen MR) is 135 cm³/mol. The average molecular weight is 469 g/mol. The van der Waals surface area contributed by atoms with Crippen LogP contribution in [0.1, 0.15) is 46.7 Å². The third-order valence-electron chi connectivity index (χ3n) is 7.52. The molecule has 0 bridgehead atoms. The standard InChI is InChI=1S/C27H36N2O3S/c1-18-15-23(31-3)19(2)14-20(18)16-29-12-10-27(11-13-29)22-9-7-6-8-21(22)25(26(27)32-4)28-24(30)17-33-5/h6-9,14-15,25-26H,10-13,16-17H2,1-5H3,(H,28,30)/t25-,26+/m1/s1. The lowest BCUT2D eigenvalue weighted by Gasteiger charge is -2.44. The molecule has 1 N–H and O–H groups in total. The van der Waals surface area contributed by atoms with Crippen molar-refractivity contribution in [1.29, 1.82) is 0 Å². The van der Waals surface area contributed by atoms with Crippen molar-refractivity contribution >= 4 is 17.7 Å². The van der Waals surface area contributed by atoms with Gasteiger partial charge in [0.2, 0.25) is 5.91 Å². The van der Waals surface area contributed by atoms with Gasteiger partial charge in [0, 0.05) is 19.1 Å². The number of methoxy groups -OCH3 is 2. The van der Waals surface area contributed by atoms with E-state index in [4.69, 9.17) is 9.47 Å². The van der Waals surface area contributed by atoms with Crippen molar-refractivity contribution in [2.24, 2.45) is 0 Å². The number of hydrogen-bond donors (Lipinski definition) is 1. The quantitative estimate of drug-likeness (QED) is 0.653. The molecular formula is C27H36N2O3S. The number of piperidine rings is 1. The topological polar surface area (TPSA) is 50.8 Å². The average Bonchev–Trinajstić information content (AvgIpc) is 3.06. The molecule has 4 rings (SSSR count). The number of ether oxygens (including phenoxy) is 2. The largest absolute Gasteiger partial charge is 0.496 e. The Hall–Kier alpha value is -2.02. The summed E-state index contributed by atoms with van der Waals surface area (Å²) in [7, 11) is 3.52. The Morgan fingerprint density at radius 3 is 2.55 bits per heavy atom. The van der Waals surface area contributed by atoms with Crippen LogP contribution in [0.5, 0.6) is 5.75 Å². The number of carbonyl (C=O) groups is 1. The van der Waals surface area contributed by atoms with Crippen molar-refractivity contribution in [3.63, 3.8) is 0 Å². The summed E-state index contributed by atoms with van der Waals surface area (Å²) >= 11 is 1.55. The maximum atomic E-state index is 12.5. The number of amides is 1. The second-order valence-electron chi connectivity index (χ2n) is 9.40. The lowest BCUT2D eigenvalue weighted by atomic mass is 9.71. The number of rotatable bonds is 7. The molecule has 33 heavy (non-hydrogen) atoms. The van der Waals surface area contributed by atoms with Gasteiger partial charge < -0.3 is 14.8 Å². The summed E-state index contributed by atoms with van der Waals surface area (Å²) < 4.78 is 11.6. The van der Waals surface area contributed by atoms with Gasteiger partial charge in [-0.25, -0.2) is 0 Å². The first kappa shape index (κ1) is 24.1. The van der Waals surface area contributed by atoms with E-state index in [1.54, 1.807) is 26.0 Å². The monoisotopic (exact) mass is 468 g/mol. The van der Waals surface area contributed by atoms with Gasteiger partial charge in [0.15, 0.2) is 0 Å². The fourth-order valence-corrected chi connectivity index (χ4v) is 6.21. The minimum atomic E-state index is -0.0936. The van der Waals surface area contributed by atoms with Gasteiger partial charge in [0.05, 0.1) is 25.0 Å². The number of carbonyl (C=O) groups excluding carboxylic acids is 1. The first-order chi connectivity index (χ1) is 15.9. The summed E-state index contributed by atoms with van der Waals surface area (Å²) in [5.74, 6) is 1.49. The van der Waals surface area contributed by atoms with Crippen molar-refractivity contribution < 1.29 is 14.3 Å². The molecule has 0 unspecified atom stereocenters. The molecule has 2 aromatic rings. The van der Waals surface area contributed by atoms with Crippen molar-refractivity contribution in [3.8, 4) is 5.75 Å². The van der Waals surface area contributed by atoms with Crippen molar-refractivity contribution in [2.75, 3.05) is 39.3 Å². The van der Waals surface area contributed by atoms with E-state index in [-0.39, 0.29) is 23.5 Å². The SMILES string of the molecule is COc1cc(C)c(CN2CCC3(CC2)c2ccccc2[C@@H](NC(=O)CSC)[C@@H]3OC)cc1C. The maximum absolute atomic E-state index is 12.5. The number of likely N-dealkylation sites (tertiary alicyclic amines) is 1. The first-order valence-corrected chi connectivity index (χ1v) is 13.1. The van der Waals surface area contributed by atoms with Crippen LogP contribution in [-0.2, 0) is 21.5 Å². The molecule has 1 saturated heterocycles. The van der Waals surface area contributed by atoms with E-state index in [9.17, 15) is 4.79 Å². The number of nitrogens with one attached hydrogen (secondary N) is 1. The first-order valence-electron chi connectivity index (χ1n) is 11.7. The Labute approximate surface area is 202 Å². The Balaban J connectivity index is 1.54. The summed E-state index contributed by atoms with van der Waals surface area (Å²) in [5, 5.41) is 3.27. The molecule has 0 radical (unpaired) electrons. The van der Waals surface area contributed by atoms with Crippen LogP contribution in [0.2, 0.25) is 0 Å². The molecule has 5 nitrogen and oxygen atoms in total. The second-order valence-corrected chi connectivity index (χ2v) is 10.3. The molecule has 1 fully saturated rings. The van der Waals surface area contributed by atoms with E-state index in [1.807, 2.05) is 6.26 Å². The van der Waals surface area contributed by atoms with Gasteiger partial charge in [-0.2, -0.15) is 11.8 Å². The maximum Gasteiger partial charge on any atom is 0.230 e. The number of aryl methyl sites for hydroxylation is 2. The van der Waals surface area contributed by atoms with E-state index >= 15 is 0 Å². The Bertz CT molecular complexity index is 1000. The highest BCUT2D eigenvalue weighted by Crippen LogP contribution is 2.52. The molecule has 2 aliphatic rings. The normalized spacial score (nSPS) is 21.7. The lowest BCUT2D eigenvalue weighted by Crippen LogP contribution is -2.50. The molecule has 178 valence electrons. The van der Waals surface area contributed by atoms with Crippen molar-refractivity contribution in [1.82, 2.24) is 10.2 Å². The Kier molecular flexibility index (Phi) is 7.37. The predicted octanol–water partition coefficient (Wildman–Crippen LogP) is 4.39. The number of nitrogens with zero attached hydrogens (tertiary/aromatic N) is 1. The smallest absolute Gasteiger partial charge is 0.230 e. The lowest BCUT2D eigenvalue weighted by molar-refractivity contribution is -0.121. The van der Waals surface area contributed by atoms with Gasteiger partial charge >= 0.3 is 0 Å². The zero-order valence-corrected chi connectivity index (χ0v) is 21.3. The van der Waals surface area contributed by atoms with Crippen LogP contribution >= 0.6 is 11.8 Å². The summed E-state index contributed by atoms with van der Waals surface area (Å²) in [4.78, 5) is 15.0. The molecule has 2 aromatic carbocycles. The Morgan fingerprint density at radius 1 is 1.15 bits per heavy atom. The van der Waals surface area contributed by atoms with Gasteiger partial charge in [0.1, 0.15) is 5.75 Å². The van der Waals surface area contributed by atoms with E-state index in [0.29, 0.717) is 5.75 Å². The summed E-state index contributed by atoms with van der Waals surface area (Å²) in [6.45, 7) is 7.23. The van der Waals surface area contributed by atoms with Gasteiger partial charge in [0.25, 0.3) is 0 Å². The zero-order valence-electron chi connectivity index (χ0n) is 20.4. The highest BCUT2D eigenvalue weighted by Gasteiger charge is 2.53. The van der Waals surface area contributed by atoms with Crippen LogP contribution in [0.25, 0.3) is 0 Å². The highest BCUT2D eigenvalue weighted by atomic mass is 32.2. The zero-order chi connectivity index (χ0) is 23.6. The summed E-state index contributed by atoms with van der Waals surface area (Å²) in [6.07, 6.45) is 3.95. The minimum absolute atomic E-state index is 0.0483. The molecule has 1 amide bonds. The van der Waals surface area contributed by atoms with Crippen molar-refractivity contribution in [2.45, 2.75) is 50.8 Å². The van der Waals surface area contributed by atoms with Crippen LogP contribution in [0.4, 0.5) is 0 Å². The van der Waals surface area contributed by atoms with E-state index in [0.717, 1.165) is 38.2 Å². The van der Waals surface area contributed by atoms with Gasteiger partial charge in [-0.1, -0.05) is 30.3 Å². The van der Waals surface area contributed by atoms with Crippen LogP contribution < -0.4 is 10.1 Å². The van der Waals surface area contributed by atoms with Crippen LogP contribution in [0, 0.1) is 13.8 Å². The molecule has 1 heterocycles. The number of fused-ring (bicyclic) bond motifs is 2. The van der Waals surface area contributed by atoms with Crippen LogP contribution in [-0.4, -0.2) is 56.2 Å². The minimum Gasteiger partial charge on any atom is -0.496 e. The van der Waals surface area contributed by atoms with E-state index in [2.05, 4.69) is 60.5 Å². The number of hydrogen-bond acceptors (Lipinski definition) is 5. The third kappa shape index (κ3) is 4.53. The van der Waals surface area contributed by atoms with E-state index in [1.165, 1.54) is 27.8 Å². The van der Waals surface area contributed by atoms with Crippen molar-refractivity contribution in [3.05, 3.63) is 64.2 Å². The van der Waals surface area contributed by atoms with Crippen LogP contribution in [0.3, 0.4) is 0 Å².